The van der Waals surface area contributed by atoms with E-state index in [-0.39, 0.29) is 17.5 Å². The van der Waals surface area contributed by atoms with Crippen molar-refractivity contribution in [3.63, 3.8) is 0 Å². The van der Waals surface area contributed by atoms with Gasteiger partial charge < -0.3 is 20.2 Å². The monoisotopic (exact) mass is 500 g/mol. The number of halogens is 3. The number of pyridine rings is 1. The zero-order valence-electron chi connectivity index (χ0n) is 20.0. The topological polar surface area (TPSA) is 94.5 Å². The average Bonchev–Trinajstić information content (AvgIpc) is 3.25. The Bertz CT molecular complexity index is 1320. The number of nitrogens with zero attached hydrogens (tertiary/aromatic N) is 5. The summed E-state index contributed by atoms with van der Waals surface area (Å²) in [6.45, 7) is 4.00. The van der Waals surface area contributed by atoms with Crippen molar-refractivity contribution in [3.05, 3.63) is 53.1 Å². The van der Waals surface area contributed by atoms with Crippen molar-refractivity contribution in [3.8, 4) is 0 Å². The molecule has 5 rings (SSSR count). The van der Waals surface area contributed by atoms with Crippen LogP contribution in [-0.2, 0) is 10.7 Å². The number of hydrogen-bond acceptors (Lipinski definition) is 7. The number of aliphatic hydroxyl groups excluding tert-OH is 1. The van der Waals surface area contributed by atoms with Gasteiger partial charge in [0.25, 0.3) is 5.92 Å². The lowest BCUT2D eigenvalue weighted by Gasteiger charge is -2.38. The second-order valence-corrected chi connectivity index (χ2v) is 9.39. The summed E-state index contributed by atoms with van der Waals surface area (Å²) in [5.74, 6) is -4.21. The summed E-state index contributed by atoms with van der Waals surface area (Å²) >= 11 is 0. The van der Waals surface area contributed by atoms with E-state index in [1.807, 2.05) is 11.0 Å². The van der Waals surface area contributed by atoms with E-state index < -0.39 is 30.0 Å². The number of nitrogens with one attached hydrogen (secondary N) is 1. The fourth-order valence-corrected chi connectivity index (χ4v) is 5.06. The Morgan fingerprint density at radius 2 is 2.08 bits per heavy atom. The van der Waals surface area contributed by atoms with E-state index in [0.29, 0.717) is 48.5 Å². The van der Waals surface area contributed by atoms with Crippen LogP contribution in [0.1, 0.15) is 42.6 Å². The third-order valence-corrected chi connectivity index (χ3v) is 7.07. The van der Waals surface area contributed by atoms with Crippen LogP contribution in [0.15, 0.2) is 30.5 Å². The molecule has 2 atom stereocenters. The Hall–Kier alpha value is -3.47. The fourth-order valence-electron chi connectivity index (χ4n) is 5.06. The lowest BCUT2D eigenvalue weighted by atomic mass is 10.00. The maximum Gasteiger partial charge on any atom is 0.298 e. The zero-order chi connectivity index (χ0) is 25.6. The predicted octanol–water partition coefficient (Wildman–Crippen LogP) is 3.54. The number of carbonyl (C=O) groups is 1. The summed E-state index contributed by atoms with van der Waals surface area (Å²) in [7, 11) is 0. The molecule has 3 aromatic rings. The van der Waals surface area contributed by atoms with Crippen LogP contribution in [0.2, 0.25) is 0 Å². The second kappa shape index (κ2) is 9.20. The Kier molecular flexibility index (Phi) is 6.19. The molecule has 0 saturated carbocycles. The third-order valence-electron chi connectivity index (χ3n) is 7.07. The summed E-state index contributed by atoms with van der Waals surface area (Å²) in [5, 5.41) is 21.2. The van der Waals surface area contributed by atoms with Crippen molar-refractivity contribution in [2.24, 2.45) is 0 Å². The normalized spacial score (nSPS) is 19.1. The van der Waals surface area contributed by atoms with Crippen LogP contribution in [0.3, 0.4) is 0 Å². The van der Waals surface area contributed by atoms with Gasteiger partial charge in [-0.3, -0.25) is 9.78 Å². The van der Waals surface area contributed by atoms with Gasteiger partial charge in [-0.2, -0.15) is 13.9 Å². The number of alkyl halides is 2. The van der Waals surface area contributed by atoms with E-state index in [1.54, 1.807) is 20.0 Å². The Morgan fingerprint density at radius 3 is 2.86 bits per heavy atom. The first-order chi connectivity index (χ1) is 17.2. The summed E-state index contributed by atoms with van der Waals surface area (Å²) in [6, 6.07) is 5.12. The van der Waals surface area contributed by atoms with Gasteiger partial charge in [-0.15, -0.1) is 5.10 Å². The first kappa shape index (κ1) is 24.2. The second-order valence-electron chi connectivity index (χ2n) is 9.39. The highest BCUT2D eigenvalue weighted by Crippen LogP contribution is 2.35. The minimum absolute atomic E-state index is 0.0160. The summed E-state index contributed by atoms with van der Waals surface area (Å²) in [6.07, 6.45) is 3.19. The van der Waals surface area contributed by atoms with E-state index in [2.05, 4.69) is 25.4 Å². The SMILES string of the molecule is Cc1nnc(N[C@H](C)c2cccc(C(F)(F)CO)c2F)c2cc(N3CCN4C(=O)CC[C@@H]4C3)cnc12. The standard InChI is InChI=1S/C25H27F3N6O2/c1-14(18-4-3-5-20(22(18)26)25(27,28)13-35)30-24-19-10-17(11-29-23(19)15(2)31-32-24)33-8-9-34-16(12-33)6-7-21(34)36/h3-5,10-11,14,16,35H,6-9,12-13H2,1-2H3,(H,30,32)/t14-,16-/m1/s1. The minimum atomic E-state index is -3.69. The van der Waals surface area contributed by atoms with Gasteiger partial charge in [0.05, 0.1) is 34.7 Å². The molecule has 0 radical (unpaired) electrons. The predicted molar refractivity (Wildman–Crippen MR) is 128 cm³/mol. The molecule has 4 heterocycles. The van der Waals surface area contributed by atoms with Crippen molar-refractivity contribution in [2.75, 3.05) is 36.5 Å². The molecule has 0 unspecified atom stereocenters. The van der Waals surface area contributed by atoms with Gasteiger partial charge in [-0.25, -0.2) is 4.39 Å². The van der Waals surface area contributed by atoms with Gasteiger partial charge in [0, 0.05) is 43.0 Å². The molecule has 2 aliphatic rings. The molecule has 8 nitrogen and oxygen atoms in total. The third kappa shape index (κ3) is 4.21. The van der Waals surface area contributed by atoms with Crippen molar-refractivity contribution in [1.82, 2.24) is 20.1 Å². The minimum Gasteiger partial charge on any atom is -0.390 e. The Morgan fingerprint density at radius 1 is 1.28 bits per heavy atom. The van der Waals surface area contributed by atoms with Crippen LogP contribution in [-0.4, -0.2) is 63.4 Å². The lowest BCUT2D eigenvalue weighted by molar-refractivity contribution is -0.129. The first-order valence-corrected chi connectivity index (χ1v) is 11.9. The Balaban J connectivity index is 1.46. The number of amides is 1. The van der Waals surface area contributed by atoms with E-state index in [9.17, 15) is 13.6 Å². The zero-order valence-corrected chi connectivity index (χ0v) is 20.0. The van der Waals surface area contributed by atoms with E-state index in [0.717, 1.165) is 18.2 Å². The van der Waals surface area contributed by atoms with Crippen LogP contribution in [0, 0.1) is 12.7 Å². The molecule has 11 heteroatoms. The number of carbonyl (C=O) groups excluding carboxylic acids is 1. The van der Waals surface area contributed by atoms with Crippen molar-refractivity contribution < 1.29 is 23.1 Å². The molecule has 0 bridgehead atoms. The highest BCUT2D eigenvalue weighted by molar-refractivity contribution is 5.92. The van der Waals surface area contributed by atoms with Gasteiger partial charge in [0.2, 0.25) is 5.91 Å². The van der Waals surface area contributed by atoms with Gasteiger partial charge in [0.1, 0.15) is 12.4 Å². The quantitative estimate of drug-likeness (QED) is 0.535. The first-order valence-electron chi connectivity index (χ1n) is 11.9. The van der Waals surface area contributed by atoms with Crippen LogP contribution < -0.4 is 10.2 Å². The number of fused-ring (bicyclic) bond motifs is 2. The van der Waals surface area contributed by atoms with E-state index >= 15 is 4.39 Å². The van der Waals surface area contributed by atoms with Crippen LogP contribution in [0.4, 0.5) is 24.7 Å². The number of hydrogen-bond donors (Lipinski definition) is 2. The average molecular weight is 501 g/mol. The maximum atomic E-state index is 15.0. The van der Waals surface area contributed by atoms with Gasteiger partial charge >= 0.3 is 0 Å². The number of aliphatic hydroxyl groups is 1. The molecular formula is C25H27F3N6O2. The highest BCUT2D eigenvalue weighted by Gasteiger charge is 2.36. The van der Waals surface area contributed by atoms with E-state index in [4.69, 9.17) is 5.11 Å². The molecule has 190 valence electrons. The lowest BCUT2D eigenvalue weighted by Crippen LogP contribution is -2.51. The largest absolute Gasteiger partial charge is 0.390 e. The molecule has 2 aromatic heterocycles. The number of anilines is 2. The molecule has 36 heavy (non-hydrogen) atoms. The molecule has 2 fully saturated rings. The molecule has 1 amide bonds. The van der Waals surface area contributed by atoms with Crippen molar-refractivity contribution in [1.29, 1.82) is 0 Å². The summed E-state index contributed by atoms with van der Waals surface area (Å²) in [4.78, 5) is 20.8. The van der Waals surface area contributed by atoms with Crippen molar-refractivity contribution in [2.45, 2.75) is 44.7 Å². The van der Waals surface area contributed by atoms with Gasteiger partial charge in [0.15, 0.2) is 5.82 Å². The Labute approximate surface area is 206 Å². The van der Waals surface area contributed by atoms with Crippen LogP contribution in [0.25, 0.3) is 10.9 Å². The smallest absolute Gasteiger partial charge is 0.298 e. The summed E-state index contributed by atoms with van der Waals surface area (Å²) < 4.78 is 43.1. The molecule has 2 saturated heterocycles. The number of aromatic nitrogens is 3. The number of piperazine rings is 1. The molecule has 0 aliphatic carbocycles. The van der Waals surface area contributed by atoms with Crippen LogP contribution in [0.5, 0.6) is 0 Å². The number of benzene rings is 1. The number of rotatable bonds is 6. The summed E-state index contributed by atoms with van der Waals surface area (Å²) in [5.41, 5.74) is 1.28. The highest BCUT2D eigenvalue weighted by atomic mass is 19.3. The van der Waals surface area contributed by atoms with Gasteiger partial charge in [-0.05, 0) is 32.4 Å². The molecular weight excluding hydrogens is 473 g/mol. The molecule has 1 aromatic carbocycles. The fraction of sp³-hybridized carbons (Fsp3) is 0.440. The van der Waals surface area contributed by atoms with Crippen LogP contribution >= 0.6 is 0 Å². The molecule has 0 spiro atoms. The van der Waals surface area contributed by atoms with E-state index in [1.165, 1.54) is 12.1 Å². The van der Waals surface area contributed by atoms with Gasteiger partial charge in [-0.1, -0.05) is 12.1 Å². The molecule has 2 aliphatic heterocycles. The molecule has 2 N–H and O–H groups in total. The number of aryl methyl sites for hydroxylation is 1. The van der Waals surface area contributed by atoms with Crippen molar-refractivity contribution >= 4 is 28.3 Å². The maximum absolute atomic E-state index is 15.0.